The summed E-state index contributed by atoms with van der Waals surface area (Å²) in [6.07, 6.45) is 2.64. The number of aliphatic carboxylic acids is 1. The van der Waals surface area contributed by atoms with Crippen molar-refractivity contribution < 1.29 is 24.2 Å². The second-order valence-corrected chi connectivity index (χ2v) is 9.15. The van der Waals surface area contributed by atoms with Crippen molar-refractivity contribution in [3.8, 4) is 27.7 Å². The first-order valence-electron chi connectivity index (χ1n) is 10.8. The third-order valence-electron chi connectivity index (χ3n) is 5.22. The van der Waals surface area contributed by atoms with Gasteiger partial charge in [0.1, 0.15) is 11.5 Å². The first kappa shape index (κ1) is 23.3. The molecule has 0 bridgehead atoms. The minimum absolute atomic E-state index is 0.325. The van der Waals surface area contributed by atoms with Gasteiger partial charge in [0.2, 0.25) is 0 Å². The van der Waals surface area contributed by atoms with Gasteiger partial charge < -0.3 is 14.6 Å². The number of carboxylic acid groups (broad SMARTS) is 1. The van der Waals surface area contributed by atoms with Crippen LogP contribution in [0.4, 0.5) is 0 Å². The standard InChI is InChI=1S/C28H24O5S/c1-17(2)22-6-4-5-7-23(22)28-27(24-14-13-21(32-18(3)29)16-25(24)34-28)33-20-11-8-19(9-12-20)10-15-26(30)31/h4-17H,1-3H3,(H,30,31). The van der Waals surface area contributed by atoms with Gasteiger partial charge in [-0.25, -0.2) is 4.79 Å². The molecule has 172 valence electrons. The average Bonchev–Trinajstić information content (AvgIpc) is 3.15. The maximum absolute atomic E-state index is 11.4. The first-order valence-corrected chi connectivity index (χ1v) is 11.7. The van der Waals surface area contributed by atoms with Gasteiger partial charge in [-0.3, -0.25) is 4.79 Å². The highest BCUT2D eigenvalue weighted by Crippen LogP contribution is 2.48. The van der Waals surface area contributed by atoms with Crippen LogP contribution in [0.1, 0.15) is 37.8 Å². The molecular weight excluding hydrogens is 448 g/mol. The van der Waals surface area contributed by atoms with Crippen LogP contribution in [-0.4, -0.2) is 17.0 Å². The fraction of sp³-hybridized carbons (Fsp3) is 0.143. The van der Waals surface area contributed by atoms with Crippen LogP contribution in [0.25, 0.3) is 26.6 Å². The number of carbonyl (C=O) groups excluding carboxylic acids is 1. The van der Waals surface area contributed by atoms with E-state index in [2.05, 4.69) is 26.0 Å². The van der Waals surface area contributed by atoms with E-state index in [1.807, 2.05) is 48.5 Å². The SMILES string of the molecule is CC(=O)Oc1ccc2c(Oc3ccc(C=CC(=O)O)cc3)c(-c3ccccc3C(C)C)sc2c1. The molecule has 0 radical (unpaired) electrons. The minimum Gasteiger partial charge on any atom is -0.478 e. The largest absolute Gasteiger partial charge is 0.478 e. The topological polar surface area (TPSA) is 72.8 Å². The molecule has 34 heavy (non-hydrogen) atoms. The summed E-state index contributed by atoms with van der Waals surface area (Å²) in [7, 11) is 0. The molecule has 4 rings (SSSR count). The Morgan fingerprint density at radius 2 is 1.68 bits per heavy atom. The molecule has 0 aliphatic rings. The van der Waals surface area contributed by atoms with Crippen LogP contribution in [0, 0.1) is 0 Å². The molecule has 3 aromatic carbocycles. The zero-order chi connectivity index (χ0) is 24.2. The second kappa shape index (κ2) is 9.93. The van der Waals surface area contributed by atoms with Gasteiger partial charge in [-0.05, 0) is 59.0 Å². The van der Waals surface area contributed by atoms with E-state index in [9.17, 15) is 9.59 Å². The van der Waals surface area contributed by atoms with Gasteiger partial charge in [0.05, 0.1) is 4.88 Å². The highest BCUT2D eigenvalue weighted by molar-refractivity contribution is 7.22. The van der Waals surface area contributed by atoms with Crippen molar-refractivity contribution in [1.82, 2.24) is 0 Å². The smallest absolute Gasteiger partial charge is 0.328 e. The Balaban J connectivity index is 1.81. The van der Waals surface area contributed by atoms with E-state index in [1.165, 1.54) is 18.6 Å². The third-order valence-corrected chi connectivity index (χ3v) is 6.39. The van der Waals surface area contributed by atoms with E-state index >= 15 is 0 Å². The lowest BCUT2D eigenvalue weighted by atomic mass is 9.96. The van der Waals surface area contributed by atoms with Crippen LogP contribution in [0.5, 0.6) is 17.2 Å². The number of hydrogen-bond donors (Lipinski definition) is 1. The number of fused-ring (bicyclic) bond motifs is 1. The number of rotatable bonds is 7. The van der Waals surface area contributed by atoms with Crippen molar-refractivity contribution in [3.05, 3.63) is 83.9 Å². The summed E-state index contributed by atoms with van der Waals surface area (Å²) in [4.78, 5) is 23.2. The molecule has 0 saturated heterocycles. The molecule has 0 aliphatic carbocycles. The van der Waals surface area contributed by atoms with Gasteiger partial charge in [-0.1, -0.05) is 50.2 Å². The Bertz CT molecular complexity index is 1380. The molecule has 0 atom stereocenters. The number of thiophene rings is 1. The summed E-state index contributed by atoms with van der Waals surface area (Å²) in [6.45, 7) is 5.70. The average molecular weight is 473 g/mol. The van der Waals surface area contributed by atoms with E-state index in [1.54, 1.807) is 17.4 Å². The van der Waals surface area contributed by atoms with Gasteiger partial charge in [0.25, 0.3) is 0 Å². The highest BCUT2D eigenvalue weighted by atomic mass is 32.1. The predicted octanol–water partition coefficient (Wildman–Crippen LogP) is 7.51. The molecule has 0 unspecified atom stereocenters. The van der Waals surface area contributed by atoms with Crippen LogP contribution < -0.4 is 9.47 Å². The van der Waals surface area contributed by atoms with E-state index in [4.69, 9.17) is 14.6 Å². The van der Waals surface area contributed by atoms with Gasteiger partial charge >= 0.3 is 11.9 Å². The van der Waals surface area contributed by atoms with Crippen molar-refractivity contribution in [2.75, 3.05) is 0 Å². The van der Waals surface area contributed by atoms with Gasteiger partial charge in [0, 0.05) is 23.1 Å². The quantitative estimate of drug-likeness (QED) is 0.171. The van der Waals surface area contributed by atoms with Gasteiger partial charge in [-0.2, -0.15) is 0 Å². The van der Waals surface area contributed by atoms with E-state index in [-0.39, 0.29) is 5.97 Å². The Morgan fingerprint density at radius 3 is 2.35 bits per heavy atom. The lowest BCUT2D eigenvalue weighted by Crippen LogP contribution is -2.00. The van der Waals surface area contributed by atoms with Crippen molar-refractivity contribution in [1.29, 1.82) is 0 Å². The second-order valence-electron chi connectivity index (χ2n) is 8.10. The maximum atomic E-state index is 11.4. The number of benzene rings is 3. The fourth-order valence-corrected chi connectivity index (χ4v) is 4.91. The van der Waals surface area contributed by atoms with Crippen molar-refractivity contribution in [3.63, 3.8) is 0 Å². The molecule has 4 aromatic rings. The van der Waals surface area contributed by atoms with E-state index < -0.39 is 5.97 Å². The van der Waals surface area contributed by atoms with Crippen molar-refractivity contribution >= 4 is 39.4 Å². The molecule has 1 N–H and O–H groups in total. The molecule has 0 aliphatic heterocycles. The molecule has 0 spiro atoms. The van der Waals surface area contributed by atoms with Crippen molar-refractivity contribution in [2.45, 2.75) is 26.7 Å². The first-order chi connectivity index (χ1) is 16.3. The van der Waals surface area contributed by atoms with E-state index in [0.717, 1.165) is 37.9 Å². The molecule has 5 nitrogen and oxygen atoms in total. The summed E-state index contributed by atoms with van der Waals surface area (Å²) in [5, 5.41) is 9.75. The summed E-state index contributed by atoms with van der Waals surface area (Å²) in [6, 6.07) is 21.1. The molecular formula is C28H24O5S. The number of hydrogen-bond acceptors (Lipinski definition) is 5. The summed E-state index contributed by atoms with van der Waals surface area (Å²) < 4.78 is 12.7. The molecule has 0 saturated carbocycles. The summed E-state index contributed by atoms with van der Waals surface area (Å²) >= 11 is 1.59. The third kappa shape index (κ3) is 5.18. The molecule has 0 fully saturated rings. The monoisotopic (exact) mass is 472 g/mol. The minimum atomic E-state index is -0.994. The number of esters is 1. The normalized spacial score (nSPS) is 11.3. The number of carboxylic acids is 1. The van der Waals surface area contributed by atoms with Gasteiger partial charge in [0.15, 0.2) is 5.75 Å². The Morgan fingerprint density at radius 1 is 0.971 bits per heavy atom. The molecule has 0 amide bonds. The molecule has 6 heteroatoms. The maximum Gasteiger partial charge on any atom is 0.328 e. The van der Waals surface area contributed by atoms with Gasteiger partial charge in [-0.15, -0.1) is 11.3 Å². The lowest BCUT2D eigenvalue weighted by molar-refractivity contribution is -0.132. The Kier molecular flexibility index (Phi) is 6.80. The zero-order valence-corrected chi connectivity index (χ0v) is 19.9. The number of ether oxygens (including phenoxy) is 2. The summed E-state index contributed by atoms with van der Waals surface area (Å²) in [5.74, 6) is 0.828. The predicted molar refractivity (Wildman–Crippen MR) is 136 cm³/mol. The summed E-state index contributed by atoms with van der Waals surface area (Å²) in [5.41, 5.74) is 3.08. The van der Waals surface area contributed by atoms with E-state index in [0.29, 0.717) is 17.4 Å². The van der Waals surface area contributed by atoms with Crippen LogP contribution in [0.2, 0.25) is 0 Å². The zero-order valence-electron chi connectivity index (χ0n) is 19.1. The number of carbonyl (C=O) groups is 2. The Hall–Kier alpha value is -3.90. The van der Waals surface area contributed by atoms with Crippen LogP contribution in [-0.2, 0) is 9.59 Å². The van der Waals surface area contributed by atoms with Crippen LogP contribution in [0.3, 0.4) is 0 Å². The molecule has 1 heterocycles. The molecule has 1 aromatic heterocycles. The lowest BCUT2D eigenvalue weighted by Gasteiger charge is -2.14. The highest BCUT2D eigenvalue weighted by Gasteiger charge is 2.20. The fourth-order valence-electron chi connectivity index (χ4n) is 3.70. The Labute approximate surface area is 201 Å². The van der Waals surface area contributed by atoms with Crippen molar-refractivity contribution in [2.24, 2.45) is 0 Å². The van der Waals surface area contributed by atoms with Crippen LogP contribution >= 0.6 is 11.3 Å². The van der Waals surface area contributed by atoms with Crippen LogP contribution in [0.15, 0.2) is 72.8 Å².